The van der Waals surface area contributed by atoms with Gasteiger partial charge in [0.2, 0.25) is 0 Å². The van der Waals surface area contributed by atoms with E-state index in [1.807, 2.05) is 6.92 Å². The van der Waals surface area contributed by atoms with Crippen LogP contribution < -0.4 is 5.32 Å². The van der Waals surface area contributed by atoms with Gasteiger partial charge in [-0.1, -0.05) is 61.2 Å². The van der Waals surface area contributed by atoms with E-state index >= 15 is 0 Å². The molecule has 1 N–H and O–H groups in total. The first-order valence-corrected chi connectivity index (χ1v) is 8.50. The Morgan fingerprint density at radius 3 is 1.83 bits per heavy atom. The maximum absolute atomic E-state index is 3.94. The summed E-state index contributed by atoms with van der Waals surface area (Å²) < 4.78 is 0. The zero-order valence-electron chi connectivity index (χ0n) is 14.7. The first-order valence-electron chi connectivity index (χ1n) is 8.50. The van der Waals surface area contributed by atoms with E-state index in [9.17, 15) is 0 Å². The second-order valence-corrected chi connectivity index (χ2v) is 7.09. The second-order valence-electron chi connectivity index (χ2n) is 7.09. The number of nitrogens with one attached hydrogen (secondary N) is 1. The lowest BCUT2D eigenvalue weighted by molar-refractivity contribution is 0.398. The minimum absolute atomic E-state index is 0.0951. The predicted molar refractivity (Wildman–Crippen MR) is 101 cm³/mol. The molecule has 0 unspecified atom stereocenters. The van der Waals surface area contributed by atoms with E-state index in [0.29, 0.717) is 0 Å². The molecular formula is C22H29N. The van der Waals surface area contributed by atoms with Gasteiger partial charge in [0.1, 0.15) is 0 Å². The van der Waals surface area contributed by atoms with Crippen molar-refractivity contribution < 1.29 is 0 Å². The Labute approximate surface area is 141 Å². The third-order valence-electron chi connectivity index (χ3n) is 4.16. The fourth-order valence-corrected chi connectivity index (χ4v) is 2.90. The highest BCUT2D eigenvalue weighted by Gasteiger charge is 2.16. The molecule has 0 atom stereocenters. The Balaban J connectivity index is 1.83. The molecule has 1 nitrogen and oxygen atoms in total. The van der Waals surface area contributed by atoms with Crippen molar-refractivity contribution in [3.8, 4) is 0 Å². The molecule has 0 saturated heterocycles. The quantitative estimate of drug-likeness (QED) is 0.697. The van der Waals surface area contributed by atoms with Crippen LogP contribution in [0.25, 0.3) is 0 Å². The van der Waals surface area contributed by atoms with E-state index in [4.69, 9.17) is 0 Å². The van der Waals surface area contributed by atoms with Gasteiger partial charge in [0.05, 0.1) is 0 Å². The van der Waals surface area contributed by atoms with E-state index in [0.717, 1.165) is 31.4 Å². The normalized spacial score (nSPS) is 11.3. The number of aryl methyl sites for hydroxylation is 3. The fourth-order valence-electron chi connectivity index (χ4n) is 2.90. The highest BCUT2D eigenvalue weighted by Crippen LogP contribution is 2.16. The monoisotopic (exact) mass is 307 g/mol. The number of hydrogen-bond acceptors (Lipinski definition) is 1. The summed E-state index contributed by atoms with van der Waals surface area (Å²) in [5.41, 5.74) is 5.36. The lowest BCUT2D eigenvalue weighted by atomic mass is 9.94. The molecule has 0 aromatic heterocycles. The van der Waals surface area contributed by atoms with E-state index < -0.39 is 0 Å². The van der Waals surface area contributed by atoms with Crippen molar-refractivity contribution >= 4 is 0 Å². The maximum Gasteiger partial charge on any atom is 0.0317 e. The molecule has 0 aliphatic carbocycles. The third kappa shape index (κ3) is 6.32. The summed E-state index contributed by atoms with van der Waals surface area (Å²) in [6, 6.07) is 19.8. The SMILES string of the molecule is C=C(C)NC(C)(C)CCc1ccc(CCc2ccccc2)cc1. The van der Waals surface area contributed by atoms with Gasteiger partial charge < -0.3 is 5.32 Å². The second kappa shape index (κ2) is 8.01. The number of allylic oxidation sites excluding steroid dienone is 1. The Hall–Kier alpha value is -2.02. The van der Waals surface area contributed by atoms with E-state index in [2.05, 4.69) is 80.3 Å². The van der Waals surface area contributed by atoms with Gasteiger partial charge in [-0.3, -0.25) is 0 Å². The van der Waals surface area contributed by atoms with Crippen LogP contribution in [0, 0.1) is 0 Å². The zero-order chi connectivity index (χ0) is 16.7. The van der Waals surface area contributed by atoms with Gasteiger partial charge in [0.25, 0.3) is 0 Å². The van der Waals surface area contributed by atoms with E-state index in [1.165, 1.54) is 16.7 Å². The van der Waals surface area contributed by atoms with Crippen LogP contribution in [0.4, 0.5) is 0 Å². The number of benzene rings is 2. The van der Waals surface area contributed by atoms with Crippen LogP contribution in [0.15, 0.2) is 66.9 Å². The number of hydrogen-bond donors (Lipinski definition) is 1. The van der Waals surface area contributed by atoms with Gasteiger partial charge in [-0.05, 0) is 63.1 Å². The molecule has 0 fully saturated rings. The van der Waals surface area contributed by atoms with Crippen molar-refractivity contribution in [1.82, 2.24) is 5.32 Å². The molecular weight excluding hydrogens is 278 g/mol. The van der Waals surface area contributed by atoms with Gasteiger partial charge >= 0.3 is 0 Å². The number of rotatable bonds is 8. The van der Waals surface area contributed by atoms with Gasteiger partial charge in [0, 0.05) is 11.2 Å². The Morgan fingerprint density at radius 2 is 1.30 bits per heavy atom. The van der Waals surface area contributed by atoms with E-state index in [1.54, 1.807) is 0 Å². The van der Waals surface area contributed by atoms with Crippen molar-refractivity contribution in [1.29, 1.82) is 0 Å². The van der Waals surface area contributed by atoms with Crippen molar-refractivity contribution in [3.63, 3.8) is 0 Å². The smallest absolute Gasteiger partial charge is 0.0317 e. The summed E-state index contributed by atoms with van der Waals surface area (Å²) in [7, 11) is 0. The van der Waals surface area contributed by atoms with Crippen LogP contribution in [-0.4, -0.2) is 5.54 Å². The van der Waals surface area contributed by atoms with Crippen LogP contribution in [0.2, 0.25) is 0 Å². The van der Waals surface area contributed by atoms with Crippen LogP contribution in [0.1, 0.15) is 43.9 Å². The molecule has 2 aromatic carbocycles. The van der Waals surface area contributed by atoms with Gasteiger partial charge in [0.15, 0.2) is 0 Å². The van der Waals surface area contributed by atoms with Gasteiger partial charge in [-0.2, -0.15) is 0 Å². The van der Waals surface area contributed by atoms with E-state index in [-0.39, 0.29) is 5.54 Å². The predicted octanol–water partition coefficient (Wildman–Crippen LogP) is 5.31. The summed E-state index contributed by atoms with van der Waals surface area (Å²) in [6.45, 7) is 10.4. The Bertz CT molecular complexity index is 608. The minimum atomic E-state index is 0.0951. The molecule has 2 aromatic rings. The summed E-state index contributed by atoms with van der Waals surface area (Å²) in [5, 5.41) is 3.44. The summed E-state index contributed by atoms with van der Waals surface area (Å²) in [4.78, 5) is 0. The molecule has 23 heavy (non-hydrogen) atoms. The first-order chi connectivity index (χ1) is 10.9. The molecule has 0 aliphatic heterocycles. The standard InChI is InChI=1S/C22H29N/c1-18(2)23-22(3,4)17-16-21-14-12-20(13-15-21)11-10-19-8-6-5-7-9-19/h5-9,12-15,23H,1,10-11,16-17H2,2-4H3. The van der Waals surface area contributed by atoms with Crippen molar-refractivity contribution in [3.05, 3.63) is 83.6 Å². The van der Waals surface area contributed by atoms with Gasteiger partial charge in [-0.15, -0.1) is 0 Å². The summed E-state index contributed by atoms with van der Waals surface area (Å²) >= 11 is 0. The molecule has 0 amide bonds. The van der Waals surface area contributed by atoms with Gasteiger partial charge in [-0.25, -0.2) is 0 Å². The molecule has 1 heteroatoms. The largest absolute Gasteiger partial charge is 0.384 e. The van der Waals surface area contributed by atoms with Crippen LogP contribution in [0.5, 0.6) is 0 Å². The molecule has 0 spiro atoms. The third-order valence-corrected chi connectivity index (χ3v) is 4.16. The summed E-state index contributed by atoms with van der Waals surface area (Å²) in [5.74, 6) is 0. The first kappa shape index (κ1) is 17.3. The fraction of sp³-hybridized carbons (Fsp3) is 0.364. The highest BCUT2D eigenvalue weighted by atomic mass is 15.0. The van der Waals surface area contributed by atoms with Crippen molar-refractivity contribution in [2.24, 2.45) is 0 Å². The Morgan fingerprint density at radius 1 is 0.826 bits per heavy atom. The Kier molecular flexibility index (Phi) is 6.04. The molecule has 0 bridgehead atoms. The summed E-state index contributed by atoms with van der Waals surface area (Å²) in [6.07, 6.45) is 4.40. The lowest BCUT2D eigenvalue weighted by Crippen LogP contribution is -2.38. The maximum atomic E-state index is 3.94. The molecule has 122 valence electrons. The van der Waals surface area contributed by atoms with Crippen LogP contribution in [0.3, 0.4) is 0 Å². The van der Waals surface area contributed by atoms with Crippen LogP contribution in [-0.2, 0) is 19.3 Å². The molecule has 0 heterocycles. The molecule has 2 rings (SSSR count). The zero-order valence-corrected chi connectivity index (χ0v) is 14.7. The molecule has 0 radical (unpaired) electrons. The molecule has 0 saturated carbocycles. The van der Waals surface area contributed by atoms with Crippen molar-refractivity contribution in [2.75, 3.05) is 0 Å². The topological polar surface area (TPSA) is 12.0 Å². The lowest BCUT2D eigenvalue weighted by Gasteiger charge is -2.27. The average molecular weight is 307 g/mol. The minimum Gasteiger partial charge on any atom is -0.384 e. The van der Waals surface area contributed by atoms with Crippen molar-refractivity contribution in [2.45, 2.75) is 52.0 Å². The van der Waals surface area contributed by atoms with Crippen LogP contribution >= 0.6 is 0 Å². The average Bonchev–Trinajstić information content (AvgIpc) is 2.52. The highest BCUT2D eigenvalue weighted by molar-refractivity contribution is 5.24. The molecule has 0 aliphatic rings.